The number of amides is 1. The van der Waals surface area contributed by atoms with Crippen molar-refractivity contribution in [3.05, 3.63) is 59.0 Å². The summed E-state index contributed by atoms with van der Waals surface area (Å²) in [6.07, 6.45) is 1.57. The van der Waals surface area contributed by atoms with E-state index < -0.39 is 0 Å². The number of furan rings is 1. The Labute approximate surface area is 141 Å². The van der Waals surface area contributed by atoms with Gasteiger partial charge in [-0.2, -0.15) is 0 Å². The minimum absolute atomic E-state index is 0.220. The number of carbonyl (C=O) groups excluding carboxylic acids is 1. The molecule has 0 bridgehead atoms. The molecule has 7 heteroatoms. The van der Waals surface area contributed by atoms with Gasteiger partial charge >= 0.3 is 0 Å². The number of aryl methyl sites for hydroxylation is 1. The van der Waals surface area contributed by atoms with E-state index in [1.165, 1.54) is 0 Å². The summed E-state index contributed by atoms with van der Waals surface area (Å²) in [5.74, 6) is 0.470. The lowest BCUT2D eigenvalue weighted by molar-refractivity contribution is 0.0949. The molecule has 0 spiro atoms. The third-order valence-corrected chi connectivity index (χ3v) is 4.53. The normalized spacial score (nSPS) is 11.0. The number of hydrogen-bond donors (Lipinski definition) is 1. The third kappa shape index (κ3) is 2.59. The van der Waals surface area contributed by atoms with Crippen molar-refractivity contribution in [3.63, 3.8) is 0 Å². The molecule has 4 aromatic heterocycles. The topological polar surface area (TPSA) is 81.2 Å². The number of nitrogens with one attached hydrogen (secondary N) is 1. The number of carbonyl (C=O) groups is 1. The Morgan fingerprint density at radius 3 is 3.00 bits per heavy atom. The van der Waals surface area contributed by atoms with Crippen LogP contribution in [0.4, 0.5) is 0 Å². The zero-order valence-corrected chi connectivity index (χ0v) is 13.6. The Morgan fingerprint density at radius 1 is 1.33 bits per heavy atom. The molecule has 0 aliphatic rings. The molecule has 4 aromatic rings. The second-order valence-electron chi connectivity index (χ2n) is 5.24. The van der Waals surface area contributed by atoms with E-state index in [0.29, 0.717) is 40.4 Å². The van der Waals surface area contributed by atoms with Crippen molar-refractivity contribution >= 4 is 28.3 Å². The van der Waals surface area contributed by atoms with Crippen LogP contribution in [0.5, 0.6) is 0 Å². The Hall–Kier alpha value is -2.93. The molecule has 0 aliphatic heterocycles. The quantitative estimate of drug-likeness (QED) is 0.612. The van der Waals surface area contributed by atoms with Crippen LogP contribution in [-0.2, 0) is 6.54 Å². The smallest absolute Gasteiger partial charge is 0.259 e. The monoisotopic (exact) mass is 339 g/mol. The molecule has 0 atom stereocenters. The Kier molecular flexibility index (Phi) is 3.62. The first-order valence-electron chi connectivity index (χ1n) is 7.34. The number of thiophene rings is 1. The van der Waals surface area contributed by atoms with Crippen molar-refractivity contribution in [2.45, 2.75) is 13.5 Å². The molecular formula is C17H13N3O3S. The molecule has 0 unspecified atom stereocenters. The van der Waals surface area contributed by atoms with Gasteiger partial charge in [-0.3, -0.25) is 4.79 Å². The van der Waals surface area contributed by atoms with Crippen molar-refractivity contribution in [1.82, 2.24) is 15.5 Å². The largest absolute Gasteiger partial charge is 0.467 e. The lowest BCUT2D eigenvalue weighted by atomic mass is 10.1. The highest BCUT2D eigenvalue weighted by Crippen LogP contribution is 2.29. The van der Waals surface area contributed by atoms with E-state index in [1.54, 1.807) is 36.7 Å². The fourth-order valence-corrected chi connectivity index (χ4v) is 3.19. The first kappa shape index (κ1) is 14.6. The molecule has 0 radical (unpaired) electrons. The van der Waals surface area contributed by atoms with Crippen molar-refractivity contribution in [3.8, 4) is 10.6 Å². The molecule has 4 heterocycles. The van der Waals surface area contributed by atoms with Gasteiger partial charge in [-0.05, 0) is 36.6 Å². The summed E-state index contributed by atoms with van der Waals surface area (Å²) in [6, 6.07) is 9.26. The summed E-state index contributed by atoms with van der Waals surface area (Å²) >= 11 is 1.55. The zero-order valence-electron chi connectivity index (χ0n) is 12.8. The van der Waals surface area contributed by atoms with Crippen molar-refractivity contribution in [1.29, 1.82) is 0 Å². The van der Waals surface area contributed by atoms with Crippen LogP contribution in [0.15, 0.2) is 50.9 Å². The van der Waals surface area contributed by atoms with Gasteiger partial charge in [-0.15, -0.1) is 11.3 Å². The van der Waals surface area contributed by atoms with Gasteiger partial charge in [0.1, 0.15) is 5.76 Å². The van der Waals surface area contributed by atoms with Gasteiger partial charge < -0.3 is 14.3 Å². The van der Waals surface area contributed by atoms with Gasteiger partial charge in [0.2, 0.25) is 0 Å². The summed E-state index contributed by atoms with van der Waals surface area (Å²) in [5.41, 5.74) is 2.19. The number of pyridine rings is 1. The zero-order chi connectivity index (χ0) is 16.5. The minimum atomic E-state index is -0.220. The van der Waals surface area contributed by atoms with Gasteiger partial charge in [0.05, 0.1) is 40.0 Å². The van der Waals surface area contributed by atoms with Gasteiger partial charge in [-0.1, -0.05) is 11.2 Å². The van der Waals surface area contributed by atoms with Crippen LogP contribution in [0.25, 0.3) is 21.7 Å². The number of nitrogens with zero attached hydrogens (tertiary/aromatic N) is 2. The Morgan fingerprint density at radius 2 is 2.25 bits per heavy atom. The molecule has 24 heavy (non-hydrogen) atoms. The Balaban J connectivity index is 1.74. The van der Waals surface area contributed by atoms with Crippen LogP contribution in [0.1, 0.15) is 21.8 Å². The molecule has 0 saturated carbocycles. The maximum Gasteiger partial charge on any atom is 0.259 e. The van der Waals surface area contributed by atoms with Crippen LogP contribution < -0.4 is 5.32 Å². The van der Waals surface area contributed by atoms with Crippen LogP contribution in [-0.4, -0.2) is 16.0 Å². The van der Waals surface area contributed by atoms with E-state index >= 15 is 0 Å². The SMILES string of the molecule is Cc1noc2nc(-c3cccs3)cc(C(=O)NCc3ccco3)c12. The highest BCUT2D eigenvalue weighted by atomic mass is 32.1. The molecule has 0 aliphatic carbocycles. The van der Waals surface area contributed by atoms with Gasteiger partial charge in [0.15, 0.2) is 0 Å². The maximum absolute atomic E-state index is 12.7. The molecule has 0 fully saturated rings. The van der Waals surface area contributed by atoms with Crippen molar-refractivity contribution in [2.24, 2.45) is 0 Å². The standard InChI is InChI=1S/C17H13N3O3S/c1-10-15-12(16(21)18-9-11-4-2-6-22-11)8-13(14-5-3-7-24-14)19-17(15)23-20-10/h2-8H,9H2,1H3,(H,18,21). The molecule has 6 nitrogen and oxygen atoms in total. The number of fused-ring (bicyclic) bond motifs is 1. The summed E-state index contributed by atoms with van der Waals surface area (Å²) in [6.45, 7) is 2.11. The summed E-state index contributed by atoms with van der Waals surface area (Å²) in [5, 5.41) is 9.39. The molecule has 4 rings (SSSR count). The molecule has 1 amide bonds. The molecule has 0 aromatic carbocycles. The van der Waals surface area contributed by atoms with Crippen molar-refractivity contribution in [2.75, 3.05) is 0 Å². The van der Waals surface area contributed by atoms with E-state index in [1.807, 2.05) is 23.6 Å². The molecule has 1 N–H and O–H groups in total. The maximum atomic E-state index is 12.7. The van der Waals surface area contributed by atoms with Gasteiger partial charge in [0.25, 0.3) is 11.6 Å². The first-order chi connectivity index (χ1) is 11.7. The second-order valence-corrected chi connectivity index (χ2v) is 6.19. The molecule has 0 saturated heterocycles. The van der Waals surface area contributed by atoms with E-state index in [-0.39, 0.29) is 5.91 Å². The molecular weight excluding hydrogens is 326 g/mol. The number of aromatic nitrogens is 2. The van der Waals surface area contributed by atoms with Crippen LogP contribution in [0.3, 0.4) is 0 Å². The third-order valence-electron chi connectivity index (χ3n) is 3.64. The predicted molar refractivity (Wildman–Crippen MR) is 89.7 cm³/mol. The second kappa shape index (κ2) is 5.93. The van der Waals surface area contributed by atoms with Crippen LogP contribution in [0, 0.1) is 6.92 Å². The van der Waals surface area contributed by atoms with Gasteiger partial charge in [-0.25, -0.2) is 4.98 Å². The van der Waals surface area contributed by atoms with E-state index in [0.717, 1.165) is 4.88 Å². The first-order valence-corrected chi connectivity index (χ1v) is 8.22. The van der Waals surface area contributed by atoms with Gasteiger partial charge in [0, 0.05) is 0 Å². The lowest BCUT2D eigenvalue weighted by Gasteiger charge is -2.06. The average molecular weight is 339 g/mol. The fourth-order valence-electron chi connectivity index (χ4n) is 2.50. The van der Waals surface area contributed by atoms with E-state index in [2.05, 4.69) is 15.5 Å². The van der Waals surface area contributed by atoms with Crippen LogP contribution in [0.2, 0.25) is 0 Å². The number of hydrogen-bond acceptors (Lipinski definition) is 6. The molecule has 120 valence electrons. The van der Waals surface area contributed by atoms with Crippen molar-refractivity contribution < 1.29 is 13.7 Å². The van der Waals surface area contributed by atoms with Crippen LogP contribution >= 0.6 is 11.3 Å². The number of rotatable bonds is 4. The fraction of sp³-hybridized carbons (Fsp3) is 0.118. The van der Waals surface area contributed by atoms with E-state index in [9.17, 15) is 4.79 Å². The summed E-state index contributed by atoms with van der Waals surface area (Å²) < 4.78 is 10.5. The highest BCUT2D eigenvalue weighted by molar-refractivity contribution is 7.13. The minimum Gasteiger partial charge on any atom is -0.467 e. The average Bonchev–Trinajstić information content (AvgIpc) is 3.34. The van der Waals surface area contributed by atoms with E-state index in [4.69, 9.17) is 8.94 Å². The predicted octanol–water partition coefficient (Wildman–Crippen LogP) is 3.78. The Bertz CT molecular complexity index is 988. The highest BCUT2D eigenvalue weighted by Gasteiger charge is 2.19. The summed E-state index contributed by atoms with van der Waals surface area (Å²) in [4.78, 5) is 18.1. The lowest BCUT2D eigenvalue weighted by Crippen LogP contribution is -2.23. The summed E-state index contributed by atoms with van der Waals surface area (Å²) in [7, 11) is 0.